The van der Waals surface area contributed by atoms with Gasteiger partial charge in [0.2, 0.25) is 0 Å². The maximum Gasteiger partial charge on any atom is 0.416 e. The van der Waals surface area contributed by atoms with Gasteiger partial charge in [0.15, 0.2) is 0 Å². The molecule has 0 spiro atoms. The Balaban J connectivity index is 1.75. The highest BCUT2D eigenvalue weighted by Crippen LogP contribution is 2.51. The number of carboxylic acid groups (broad SMARTS) is 1. The van der Waals surface area contributed by atoms with Crippen LogP contribution in [0.25, 0.3) is 0 Å². The molecular formula is C22H22F3NO2S. The van der Waals surface area contributed by atoms with Gasteiger partial charge < -0.3 is 10.4 Å². The maximum absolute atomic E-state index is 13.3. The smallest absolute Gasteiger partial charge is 0.416 e. The van der Waals surface area contributed by atoms with E-state index in [4.69, 9.17) is 0 Å². The SMILES string of the molecule is O=C(O)C1CC[C@@H]2[C@H](CCS1)c1cc(C(F)(F)F)ccc1N[C@H]2c1ccccc1. The summed E-state index contributed by atoms with van der Waals surface area (Å²) >= 11 is 1.40. The van der Waals surface area contributed by atoms with Crippen molar-refractivity contribution in [3.05, 3.63) is 65.2 Å². The number of benzene rings is 2. The number of hydrogen-bond donors (Lipinski definition) is 2. The number of thioether (sulfide) groups is 1. The molecule has 0 bridgehead atoms. The van der Waals surface area contributed by atoms with Crippen molar-refractivity contribution < 1.29 is 23.1 Å². The van der Waals surface area contributed by atoms with Crippen molar-refractivity contribution in [2.24, 2.45) is 5.92 Å². The van der Waals surface area contributed by atoms with Gasteiger partial charge in [-0.1, -0.05) is 30.3 Å². The van der Waals surface area contributed by atoms with Crippen molar-refractivity contribution in [2.75, 3.05) is 11.1 Å². The van der Waals surface area contributed by atoms with Crippen molar-refractivity contribution in [3.63, 3.8) is 0 Å². The van der Waals surface area contributed by atoms with Gasteiger partial charge in [-0.2, -0.15) is 13.2 Å². The van der Waals surface area contributed by atoms with Gasteiger partial charge in [-0.05, 0) is 66.2 Å². The summed E-state index contributed by atoms with van der Waals surface area (Å²) in [6.07, 6.45) is -2.55. The third-order valence-corrected chi connectivity index (χ3v) is 7.29. The second kappa shape index (κ2) is 7.94. The van der Waals surface area contributed by atoms with Crippen LogP contribution in [0.4, 0.5) is 18.9 Å². The Bertz CT molecular complexity index is 887. The zero-order valence-corrected chi connectivity index (χ0v) is 16.5. The van der Waals surface area contributed by atoms with Crippen LogP contribution >= 0.6 is 11.8 Å². The molecule has 2 aliphatic rings. The Hall–Kier alpha value is -2.15. The molecule has 7 heteroatoms. The van der Waals surface area contributed by atoms with Crippen LogP contribution in [-0.2, 0) is 11.0 Å². The normalized spacial score (nSPS) is 27.0. The zero-order chi connectivity index (χ0) is 20.6. The summed E-state index contributed by atoms with van der Waals surface area (Å²) < 4.78 is 40.0. The second-order valence-electron chi connectivity index (χ2n) is 7.67. The van der Waals surface area contributed by atoms with Crippen LogP contribution in [-0.4, -0.2) is 22.1 Å². The zero-order valence-electron chi connectivity index (χ0n) is 15.7. The highest BCUT2D eigenvalue weighted by molar-refractivity contribution is 8.00. The van der Waals surface area contributed by atoms with Crippen molar-refractivity contribution in [3.8, 4) is 0 Å². The average molecular weight is 421 g/mol. The van der Waals surface area contributed by atoms with Crippen LogP contribution in [0.1, 0.15) is 47.9 Å². The second-order valence-corrected chi connectivity index (χ2v) is 8.98. The molecule has 2 N–H and O–H groups in total. The molecule has 29 heavy (non-hydrogen) atoms. The third-order valence-electron chi connectivity index (χ3n) is 5.98. The lowest BCUT2D eigenvalue weighted by molar-refractivity contribution is -0.138. The van der Waals surface area contributed by atoms with E-state index in [2.05, 4.69) is 5.32 Å². The van der Waals surface area contributed by atoms with Crippen LogP contribution < -0.4 is 5.32 Å². The highest BCUT2D eigenvalue weighted by atomic mass is 32.2. The van der Waals surface area contributed by atoms with Gasteiger partial charge in [-0.3, -0.25) is 4.79 Å². The summed E-state index contributed by atoms with van der Waals surface area (Å²) in [5.74, 6) is -0.194. The first-order chi connectivity index (χ1) is 13.8. The van der Waals surface area contributed by atoms with Crippen LogP contribution in [0.15, 0.2) is 48.5 Å². The van der Waals surface area contributed by atoms with E-state index < -0.39 is 23.0 Å². The van der Waals surface area contributed by atoms with E-state index in [-0.39, 0.29) is 17.9 Å². The Kier molecular flexibility index (Phi) is 5.51. The molecule has 0 amide bonds. The number of rotatable bonds is 2. The van der Waals surface area contributed by atoms with Crippen molar-refractivity contribution in [1.29, 1.82) is 0 Å². The van der Waals surface area contributed by atoms with Gasteiger partial charge in [-0.25, -0.2) is 0 Å². The number of aliphatic carboxylic acids is 1. The van der Waals surface area contributed by atoms with E-state index in [0.717, 1.165) is 17.3 Å². The van der Waals surface area contributed by atoms with Gasteiger partial charge in [0.05, 0.1) is 11.6 Å². The predicted octanol–water partition coefficient (Wildman–Crippen LogP) is 5.94. The van der Waals surface area contributed by atoms with Crippen LogP contribution in [0.5, 0.6) is 0 Å². The first-order valence-electron chi connectivity index (χ1n) is 9.71. The minimum Gasteiger partial charge on any atom is -0.480 e. The number of nitrogens with one attached hydrogen (secondary N) is 1. The highest BCUT2D eigenvalue weighted by Gasteiger charge is 2.41. The number of halogens is 3. The maximum atomic E-state index is 13.3. The fourth-order valence-corrected chi connectivity index (χ4v) is 5.72. The van der Waals surface area contributed by atoms with Gasteiger partial charge >= 0.3 is 12.1 Å². The predicted molar refractivity (Wildman–Crippen MR) is 108 cm³/mol. The lowest BCUT2D eigenvalue weighted by Gasteiger charge is -2.43. The first kappa shape index (κ1) is 20.1. The van der Waals surface area contributed by atoms with E-state index in [9.17, 15) is 23.1 Å². The van der Waals surface area contributed by atoms with E-state index in [0.29, 0.717) is 30.6 Å². The Morgan fingerprint density at radius 3 is 2.52 bits per heavy atom. The van der Waals surface area contributed by atoms with E-state index in [1.165, 1.54) is 23.9 Å². The Morgan fingerprint density at radius 1 is 1.07 bits per heavy atom. The molecule has 0 radical (unpaired) electrons. The molecule has 2 aromatic carbocycles. The summed E-state index contributed by atoms with van der Waals surface area (Å²) in [7, 11) is 0. The van der Waals surface area contributed by atoms with Gasteiger partial charge in [0.1, 0.15) is 5.25 Å². The molecule has 0 aliphatic carbocycles. The molecule has 2 aliphatic heterocycles. The van der Waals surface area contributed by atoms with E-state index in [1.54, 1.807) is 0 Å². The quantitative estimate of drug-likeness (QED) is 0.630. The minimum atomic E-state index is -4.38. The molecular weight excluding hydrogens is 399 g/mol. The molecule has 3 nitrogen and oxygen atoms in total. The van der Waals surface area contributed by atoms with Gasteiger partial charge in [0.25, 0.3) is 0 Å². The average Bonchev–Trinajstić information content (AvgIpc) is 2.67. The first-order valence-corrected chi connectivity index (χ1v) is 10.8. The van der Waals surface area contributed by atoms with Crippen LogP contribution in [0.2, 0.25) is 0 Å². The summed E-state index contributed by atoms with van der Waals surface area (Å²) in [5.41, 5.74) is 1.89. The van der Waals surface area contributed by atoms with Crippen LogP contribution in [0, 0.1) is 5.92 Å². The lowest BCUT2D eigenvalue weighted by atomic mass is 9.71. The molecule has 1 fully saturated rings. The summed E-state index contributed by atoms with van der Waals surface area (Å²) in [5, 5.41) is 12.5. The number of alkyl halides is 3. The Labute approximate surface area is 171 Å². The summed E-state index contributed by atoms with van der Waals surface area (Å²) in [6, 6.07) is 13.8. The lowest BCUT2D eigenvalue weighted by Crippen LogP contribution is -2.35. The Morgan fingerprint density at radius 2 is 1.83 bits per heavy atom. The molecule has 2 aromatic rings. The monoisotopic (exact) mass is 421 g/mol. The molecule has 0 aromatic heterocycles. The number of carbonyl (C=O) groups is 1. The fourth-order valence-electron chi connectivity index (χ4n) is 4.60. The van der Waals surface area contributed by atoms with Crippen molar-refractivity contribution in [2.45, 2.75) is 42.6 Å². The van der Waals surface area contributed by atoms with Crippen LogP contribution in [0.3, 0.4) is 0 Å². The summed E-state index contributed by atoms with van der Waals surface area (Å²) in [6.45, 7) is 0. The molecule has 2 heterocycles. The van der Waals surface area contributed by atoms with Crippen molar-refractivity contribution >= 4 is 23.4 Å². The topological polar surface area (TPSA) is 49.3 Å². The number of fused-ring (bicyclic) bond motifs is 3. The number of carboxylic acids is 1. The van der Waals surface area contributed by atoms with Crippen molar-refractivity contribution in [1.82, 2.24) is 0 Å². The van der Waals surface area contributed by atoms with E-state index >= 15 is 0 Å². The molecule has 1 unspecified atom stereocenters. The van der Waals surface area contributed by atoms with E-state index in [1.807, 2.05) is 30.3 Å². The molecule has 4 atom stereocenters. The molecule has 0 saturated carbocycles. The standard InChI is InChI=1S/C22H22F3NO2S/c23-22(24,25)14-6-8-18-17(12-14)15-10-11-29-19(21(27)28)9-7-16(15)20(26-18)13-4-2-1-3-5-13/h1-6,8,12,15-16,19-20,26H,7,9-11H2,(H,27,28)/t15-,16+,19?,20-/m0/s1. The number of hydrogen-bond acceptors (Lipinski definition) is 3. The third kappa shape index (κ3) is 4.10. The summed E-state index contributed by atoms with van der Waals surface area (Å²) in [4.78, 5) is 11.5. The van der Waals surface area contributed by atoms with Gasteiger partial charge in [0, 0.05) is 5.69 Å². The molecule has 1 saturated heterocycles. The minimum absolute atomic E-state index is 0.0381. The molecule has 4 rings (SSSR count). The van der Waals surface area contributed by atoms with Gasteiger partial charge in [-0.15, -0.1) is 11.8 Å². The number of anilines is 1. The largest absolute Gasteiger partial charge is 0.480 e. The fraction of sp³-hybridized carbons (Fsp3) is 0.409. The molecule has 154 valence electrons.